The Balaban J connectivity index is 1.62. The Labute approximate surface area is 126 Å². The number of hydrogen-bond acceptors (Lipinski definition) is 2. The first-order chi connectivity index (χ1) is 9.75. The van der Waals surface area contributed by atoms with Gasteiger partial charge in [0.1, 0.15) is 13.1 Å². The van der Waals surface area contributed by atoms with E-state index < -0.39 is 0 Å². The molecule has 0 saturated carbocycles. The highest BCUT2D eigenvalue weighted by Crippen LogP contribution is 2.05. The minimum atomic E-state index is 0.737. The highest BCUT2D eigenvalue weighted by Gasteiger charge is 2.12. The molecule has 0 amide bonds. The van der Waals surface area contributed by atoms with Gasteiger partial charge in [-0.1, -0.05) is 24.3 Å². The van der Waals surface area contributed by atoms with Crippen LogP contribution in [0.2, 0.25) is 0 Å². The van der Waals surface area contributed by atoms with E-state index in [0.717, 1.165) is 51.0 Å². The van der Waals surface area contributed by atoms with Gasteiger partial charge in [0.25, 0.3) is 0 Å². The minimum Gasteiger partial charge on any atom is -0.370 e. The number of morpholine rings is 1. The summed E-state index contributed by atoms with van der Waals surface area (Å²) in [5.41, 5.74) is 2.58. The van der Waals surface area contributed by atoms with E-state index in [1.165, 1.54) is 11.1 Å². The largest absolute Gasteiger partial charge is 0.370 e. The molecule has 0 aliphatic carbocycles. The number of nitrogens with one attached hydrogen (secondary N) is 3. The fraction of sp³-hybridized carbons (Fsp3) is 0.533. The molecule has 1 aromatic rings. The molecule has 5 heteroatoms. The van der Waals surface area contributed by atoms with E-state index in [0.29, 0.717) is 0 Å². The highest BCUT2D eigenvalue weighted by molar-refractivity contribution is 7.80. The van der Waals surface area contributed by atoms with E-state index in [4.69, 9.17) is 17.0 Å². The van der Waals surface area contributed by atoms with Crippen LogP contribution in [0.25, 0.3) is 0 Å². The lowest BCUT2D eigenvalue weighted by Gasteiger charge is -2.24. The molecule has 1 aliphatic rings. The van der Waals surface area contributed by atoms with Gasteiger partial charge in [-0.2, -0.15) is 0 Å². The number of hydrogen-bond donors (Lipinski definition) is 3. The average Bonchev–Trinajstić information content (AvgIpc) is 2.47. The zero-order valence-corrected chi connectivity index (χ0v) is 12.9. The lowest BCUT2D eigenvalue weighted by atomic mass is 10.1. The van der Waals surface area contributed by atoms with Gasteiger partial charge in [-0.25, -0.2) is 0 Å². The summed E-state index contributed by atoms with van der Waals surface area (Å²) in [6.45, 7) is 8.87. The van der Waals surface area contributed by atoms with Crippen LogP contribution < -0.4 is 15.5 Å². The third kappa shape index (κ3) is 5.07. The lowest BCUT2D eigenvalue weighted by Crippen LogP contribution is -3.14. The monoisotopic (exact) mass is 294 g/mol. The van der Waals surface area contributed by atoms with Gasteiger partial charge in [-0.3, -0.25) is 0 Å². The van der Waals surface area contributed by atoms with Gasteiger partial charge in [0, 0.05) is 6.54 Å². The van der Waals surface area contributed by atoms with Gasteiger partial charge >= 0.3 is 0 Å². The molecule has 4 nitrogen and oxygen atoms in total. The maximum absolute atomic E-state index is 5.35. The predicted octanol–water partition coefficient (Wildman–Crippen LogP) is -0.126. The quantitative estimate of drug-likeness (QED) is 0.662. The molecule has 2 rings (SSSR count). The topological polar surface area (TPSA) is 37.7 Å². The fourth-order valence-electron chi connectivity index (χ4n) is 2.31. The van der Waals surface area contributed by atoms with Gasteiger partial charge in [-0.15, -0.1) is 0 Å². The van der Waals surface area contributed by atoms with Crippen LogP contribution in [0.15, 0.2) is 24.3 Å². The van der Waals surface area contributed by atoms with Crippen molar-refractivity contribution >= 4 is 17.3 Å². The summed E-state index contributed by atoms with van der Waals surface area (Å²) >= 11 is 5.31. The van der Waals surface area contributed by atoms with E-state index in [1.807, 2.05) is 0 Å². The number of quaternary nitrogens is 1. The van der Waals surface area contributed by atoms with Gasteiger partial charge in [0.05, 0.1) is 26.3 Å². The van der Waals surface area contributed by atoms with Crippen molar-refractivity contribution in [2.24, 2.45) is 0 Å². The molecule has 0 bridgehead atoms. The Hall–Kier alpha value is -1.17. The number of benzene rings is 1. The summed E-state index contributed by atoms with van der Waals surface area (Å²) in [6, 6.07) is 8.36. The summed E-state index contributed by atoms with van der Waals surface area (Å²) in [5, 5.41) is 7.28. The van der Waals surface area contributed by atoms with Crippen LogP contribution in [0.4, 0.5) is 0 Å². The second-order valence-corrected chi connectivity index (χ2v) is 5.56. The maximum atomic E-state index is 5.35. The molecule has 3 N–H and O–H groups in total. The molecule has 1 saturated heterocycles. The zero-order valence-electron chi connectivity index (χ0n) is 12.1. The van der Waals surface area contributed by atoms with E-state index in [1.54, 1.807) is 4.90 Å². The Kier molecular flexibility index (Phi) is 6.24. The molecule has 0 spiro atoms. The van der Waals surface area contributed by atoms with E-state index >= 15 is 0 Å². The Morgan fingerprint density at radius 3 is 2.75 bits per heavy atom. The van der Waals surface area contributed by atoms with Gasteiger partial charge in [0.2, 0.25) is 0 Å². The highest BCUT2D eigenvalue weighted by atomic mass is 32.1. The van der Waals surface area contributed by atoms with E-state index in [-0.39, 0.29) is 0 Å². The van der Waals surface area contributed by atoms with Crippen molar-refractivity contribution < 1.29 is 9.64 Å². The first-order valence-electron chi connectivity index (χ1n) is 7.23. The number of ether oxygens (including phenoxy) is 1. The number of aryl methyl sites for hydroxylation is 1. The van der Waals surface area contributed by atoms with Crippen LogP contribution in [0.5, 0.6) is 0 Å². The van der Waals surface area contributed by atoms with Gasteiger partial charge in [0.15, 0.2) is 5.11 Å². The van der Waals surface area contributed by atoms with Crippen molar-refractivity contribution in [1.29, 1.82) is 0 Å². The van der Waals surface area contributed by atoms with Crippen molar-refractivity contribution in [3.05, 3.63) is 35.4 Å². The SMILES string of the molecule is Cc1ccccc1CNC(=S)NCC[NH+]1CCOCC1. The minimum absolute atomic E-state index is 0.737. The Morgan fingerprint density at radius 1 is 1.25 bits per heavy atom. The fourth-order valence-corrected chi connectivity index (χ4v) is 2.48. The molecule has 0 atom stereocenters. The standard InChI is InChI=1S/C15H23N3OS/c1-13-4-2-3-5-14(13)12-17-15(20)16-6-7-18-8-10-19-11-9-18/h2-5H,6-12H2,1H3,(H2,16,17,20)/p+1. The molecule has 0 unspecified atom stereocenters. The molecule has 0 radical (unpaired) electrons. The van der Waals surface area contributed by atoms with Crippen molar-refractivity contribution in [1.82, 2.24) is 10.6 Å². The van der Waals surface area contributed by atoms with Crippen molar-refractivity contribution in [2.75, 3.05) is 39.4 Å². The third-order valence-electron chi connectivity index (χ3n) is 3.66. The molecule has 1 fully saturated rings. The Morgan fingerprint density at radius 2 is 2.00 bits per heavy atom. The van der Waals surface area contributed by atoms with Gasteiger partial charge < -0.3 is 20.3 Å². The van der Waals surface area contributed by atoms with E-state index in [2.05, 4.69) is 41.8 Å². The lowest BCUT2D eigenvalue weighted by molar-refractivity contribution is -0.906. The first-order valence-corrected chi connectivity index (χ1v) is 7.64. The summed E-state index contributed by atoms with van der Waals surface area (Å²) in [5.74, 6) is 0. The molecule has 1 heterocycles. The summed E-state index contributed by atoms with van der Waals surface area (Å²) in [6.07, 6.45) is 0. The third-order valence-corrected chi connectivity index (χ3v) is 3.95. The maximum Gasteiger partial charge on any atom is 0.166 e. The molecule has 110 valence electrons. The van der Waals surface area contributed by atoms with Crippen LogP contribution >= 0.6 is 12.2 Å². The van der Waals surface area contributed by atoms with Crippen LogP contribution in [-0.4, -0.2) is 44.5 Å². The number of thiocarbonyl (C=S) groups is 1. The Bertz CT molecular complexity index is 433. The summed E-state index contributed by atoms with van der Waals surface area (Å²) in [7, 11) is 0. The van der Waals surface area contributed by atoms with E-state index in [9.17, 15) is 0 Å². The van der Waals surface area contributed by atoms with Crippen molar-refractivity contribution in [2.45, 2.75) is 13.5 Å². The summed E-state index contributed by atoms with van der Waals surface area (Å²) in [4.78, 5) is 1.59. The van der Waals surface area contributed by atoms with Crippen LogP contribution in [0.1, 0.15) is 11.1 Å². The average molecular weight is 294 g/mol. The van der Waals surface area contributed by atoms with Crippen molar-refractivity contribution in [3.8, 4) is 0 Å². The molecule has 20 heavy (non-hydrogen) atoms. The summed E-state index contributed by atoms with van der Waals surface area (Å²) < 4.78 is 5.35. The molecular weight excluding hydrogens is 270 g/mol. The smallest absolute Gasteiger partial charge is 0.166 e. The molecule has 1 aliphatic heterocycles. The second-order valence-electron chi connectivity index (χ2n) is 5.15. The molecule has 0 aromatic heterocycles. The zero-order chi connectivity index (χ0) is 14.2. The predicted molar refractivity (Wildman–Crippen MR) is 85.0 cm³/mol. The van der Waals surface area contributed by atoms with Crippen LogP contribution in [0, 0.1) is 6.92 Å². The first kappa shape index (κ1) is 15.2. The van der Waals surface area contributed by atoms with Crippen LogP contribution in [-0.2, 0) is 11.3 Å². The second kappa shape index (κ2) is 8.19. The normalized spacial score (nSPS) is 15.8. The van der Waals surface area contributed by atoms with Crippen molar-refractivity contribution in [3.63, 3.8) is 0 Å². The number of rotatable bonds is 5. The van der Waals surface area contributed by atoms with Gasteiger partial charge in [-0.05, 0) is 30.3 Å². The van der Waals surface area contributed by atoms with Crippen LogP contribution in [0.3, 0.4) is 0 Å². The molecular formula is C15H24N3OS+. The molecule has 1 aromatic carbocycles.